The van der Waals surface area contributed by atoms with Crippen molar-refractivity contribution in [1.29, 1.82) is 0 Å². The largest absolute Gasteiger partial charge is 0.373 e. The molecule has 0 saturated heterocycles. The van der Waals surface area contributed by atoms with Gasteiger partial charge in [-0.2, -0.15) is 0 Å². The topological polar surface area (TPSA) is 35.3 Å². The second-order valence-electron chi connectivity index (χ2n) is 8.19. The van der Waals surface area contributed by atoms with Crippen LogP contribution in [-0.2, 0) is 11.3 Å². The molecule has 1 aromatic carbocycles. The summed E-state index contributed by atoms with van der Waals surface area (Å²) in [5.74, 6) is 1.41. The third-order valence-electron chi connectivity index (χ3n) is 6.27. The van der Waals surface area contributed by atoms with Gasteiger partial charge in [0.1, 0.15) is 23.1 Å². The maximum Gasteiger partial charge on any atom is 0.145 e. The van der Waals surface area contributed by atoms with E-state index in [1.54, 1.807) is 0 Å². The van der Waals surface area contributed by atoms with E-state index in [1.807, 2.05) is 0 Å². The van der Waals surface area contributed by atoms with Gasteiger partial charge in [0.2, 0.25) is 0 Å². The molecule has 2 bridgehead atoms. The quantitative estimate of drug-likeness (QED) is 0.698. The van der Waals surface area contributed by atoms with Crippen LogP contribution >= 0.6 is 0 Å². The van der Waals surface area contributed by atoms with E-state index in [-0.39, 0.29) is 17.4 Å². The molecule has 2 unspecified atom stereocenters. The second-order valence-corrected chi connectivity index (χ2v) is 8.19. The third kappa shape index (κ3) is 2.96. The summed E-state index contributed by atoms with van der Waals surface area (Å²) in [4.78, 5) is 0. The Morgan fingerprint density at radius 2 is 1.69 bits per heavy atom. The van der Waals surface area contributed by atoms with Gasteiger partial charge in [-0.05, 0) is 56.1 Å². The van der Waals surface area contributed by atoms with Crippen LogP contribution in [0.1, 0.15) is 62.2 Å². The number of halogens is 2. The maximum absolute atomic E-state index is 14.3. The number of ether oxygens (including phenoxy) is 1. The van der Waals surface area contributed by atoms with Gasteiger partial charge in [0.05, 0.1) is 18.3 Å². The number of hydrogen-bond donors (Lipinski definition) is 0. The van der Waals surface area contributed by atoms with Crippen molar-refractivity contribution in [3.8, 4) is 11.3 Å². The zero-order chi connectivity index (χ0) is 17.7. The lowest BCUT2D eigenvalue weighted by Crippen LogP contribution is -2.23. The Morgan fingerprint density at radius 1 is 1.00 bits per heavy atom. The molecule has 5 heteroatoms. The minimum Gasteiger partial charge on any atom is -0.373 e. The smallest absolute Gasteiger partial charge is 0.145 e. The summed E-state index contributed by atoms with van der Waals surface area (Å²) in [7, 11) is 0. The van der Waals surface area contributed by atoms with Gasteiger partial charge >= 0.3 is 0 Å². The van der Waals surface area contributed by atoms with Gasteiger partial charge in [-0.1, -0.05) is 24.1 Å². The molecule has 0 radical (unpaired) electrons. The van der Waals surface area contributed by atoms with Gasteiger partial charge in [-0.25, -0.2) is 8.78 Å². The van der Waals surface area contributed by atoms with Crippen LogP contribution in [0.15, 0.2) is 22.7 Å². The molecule has 0 amide bonds. The molecule has 3 nitrogen and oxygen atoms in total. The number of benzene rings is 1. The summed E-state index contributed by atoms with van der Waals surface area (Å²) in [6.07, 6.45) is 8.49. The number of hydrogen-bond acceptors (Lipinski definition) is 3. The second kappa shape index (κ2) is 6.45. The molecule has 3 saturated carbocycles. The van der Waals surface area contributed by atoms with Crippen molar-refractivity contribution in [2.24, 2.45) is 11.8 Å². The van der Waals surface area contributed by atoms with Crippen LogP contribution in [0.4, 0.5) is 8.78 Å². The van der Waals surface area contributed by atoms with E-state index in [4.69, 9.17) is 9.26 Å². The van der Waals surface area contributed by atoms with E-state index < -0.39 is 11.6 Å². The Labute approximate surface area is 151 Å². The average Bonchev–Trinajstić information content (AvgIpc) is 3.30. The molecule has 0 aliphatic heterocycles. The van der Waals surface area contributed by atoms with E-state index in [0.717, 1.165) is 48.8 Å². The molecule has 0 spiro atoms. The van der Waals surface area contributed by atoms with Gasteiger partial charge in [0.25, 0.3) is 0 Å². The van der Waals surface area contributed by atoms with Crippen molar-refractivity contribution < 1.29 is 18.0 Å². The third-order valence-corrected chi connectivity index (χ3v) is 6.27. The zero-order valence-corrected chi connectivity index (χ0v) is 14.7. The number of aromatic nitrogens is 1. The molecule has 1 heterocycles. The molecule has 0 N–H and O–H groups in total. The lowest BCUT2D eigenvalue weighted by Gasteiger charge is -2.27. The lowest BCUT2D eigenvalue weighted by molar-refractivity contribution is -0.00127. The van der Waals surface area contributed by atoms with Gasteiger partial charge in [-0.15, -0.1) is 0 Å². The van der Waals surface area contributed by atoms with Crippen LogP contribution in [0.3, 0.4) is 0 Å². The summed E-state index contributed by atoms with van der Waals surface area (Å²) >= 11 is 0. The molecule has 2 atom stereocenters. The fraction of sp³-hybridized carbons (Fsp3) is 0.571. The van der Waals surface area contributed by atoms with Crippen LogP contribution in [0, 0.1) is 23.5 Å². The fourth-order valence-corrected chi connectivity index (χ4v) is 4.83. The Hall–Kier alpha value is -1.75. The molecule has 3 aliphatic carbocycles. The Balaban J connectivity index is 1.42. The van der Waals surface area contributed by atoms with Crippen LogP contribution in [0.5, 0.6) is 0 Å². The van der Waals surface area contributed by atoms with E-state index in [2.05, 4.69) is 5.16 Å². The first-order chi connectivity index (χ1) is 12.7. The first-order valence-electron chi connectivity index (χ1n) is 9.73. The molecule has 3 fully saturated rings. The molecule has 1 aromatic heterocycles. The van der Waals surface area contributed by atoms with Crippen molar-refractivity contribution in [2.75, 3.05) is 0 Å². The van der Waals surface area contributed by atoms with Crippen LogP contribution in [-0.4, -0.2) is 11.3 Å². The molecular formula is C21H23F2NO2. The molecule has 138 valence electrons. The van der Waals surface area contributed by atoms with Gasteiger partial charge < -0.3 is 9.26 Å². The SMILES string of the molecule is Fc1cccc(F)c1-c1noc(C2CC2)c1COC1CC2CCC(C2)C1. The minimum atomic E-state index is -0.613. The number of fused-ring (bicyclic) bond motifs is 2. The summed E-state index contributed by atoms with van der Waals surface area (Å²) in [6, 6.07) is 3.88. The average molecular weight is 359 g/mol. The van der Waals surface area contributed by atoms with Crippen molar-refractivity contribution in [3.63, 3.8) is 0 Å². The first-order valence-corrected chi connectivity index (χ1v) is 9.73. The number of rotatable bonds is 5. The van der Waals surface area contributed by atoms with Gasteiger partial charge in [0.15, 0.2) is 0 Å². The van der Waals surface area contributed by atoms with Crippen molar-refractivity contribution in [2.45, 2.75) is 63.6 Å². The lowest BCUT2D eigenvalue weighted by atomic mass is 9.87. The molecule has 5 rings (SSSR count). The standard InChI is InChI=1S/C21H23F2NO2/c22-17-2-1-3-18(23)19(17)20-16(21(26-24-20)14-6-7-14)11-25-15-9-12-4-5-13(8-12)10-15/h1-3,12-15H,4-11H2. The molecule has 26 heavy (non-hydrogen) atoms. The minimum absolute atomic E-state index is 0.106. The van der Waals surface area contributed by atoms with E-state index in [9.17, 15) is 8.78 Å². The van der Waals surface area contributed by atoms with Crippen molar-refractivity contribution in [3.05, 3.63) is 41.2 Å². The summed E-state index contributed by atoms with van der Waals surface area (Å²) in [5.41, 5.74) is 0.890. The van der Waals surface area contributed by atoms with Crippen LogP contribution in [0.2, 0.25) is 0 Å². The highest BCUT2D eigenvalue weighted by Crippen LogP contribution is 2.46. The monoisotopic (exact) mass is 359 g/mol. The summed E-state index contributed by atoms with van der Waals surface area (Å²) in [6.45, 7) is 0.322. The van der Waals surface area contributed by atoms with Gasteiger partial charge in [-0.3, -0.25) is 0 Å². The van der Waals surface area contributed by atoms with Crippen molar-refractivity contribution >= 4 is 0 Å². The highest BCUT2D eigenvalue weighted by Gasteiger charge is 2.37. The Bertz CT molecular complexity index is 782. The number of nitrogens with zero attached hydrogens (tertiary/aromatic N) is 1. The summed E-state index contributed by atoms with van der Waals surface area (Å²) < 4.78 is 40.3. The predicted molar refractivity (Wildman–Crippen MR) is 92.5 cm³/mol. The summed E-state index contributed by atoms with van der Waals surface area (Å²) in [5, 5.41) is 4.04. The first kappa shape index (κ1) is 16.4. The van der Waals surface area contributed by atoms with Crippen LogP contribution in [0.25, 0.3) is 11.3 Å². The fourth-order valence-electron chi connectivity index (χ4n) is 4.83. The predicted octanol–water partition coefficient (Wildman–Crippen LogP) is 5.59. The van der Waals surface area contributed by atoms with E-state index >= 15 is 0 Å². The molecule has 2 aromatic rings. The van der Waals surface area contributed by atoms with Crippen LogP contribution < -0.4 is 0 Å². The van der Waals surface area contributed by atoms with E-state index in [1.165, 1.54) is 37.5 Å². The Kier molecular flexibility index (Phi) is 4.07. The van der Waals surface area contributed by atoms with E-state index in [0.29, 0.717) is 12.5 Å². The van der Waals surface area contributed by atoms with Gasteiger partial charge in [0, 0.05) is 11.5 Å². The van der Waals surface area contributed by atoms with Crippen molar-refractivity contribution in [1.82, 2.24) is 5.16 Å². The maximum atomic E-state index is 14.3. The Morgan fingerprint density at radius 3 is 2.35 bits per heavy atom. The normalized spacial score (nSPS) is 27.8. The molecule has 3 aliphatic rings. The highest BCUT2D eigenvalue weighted by molar-refractivity contribution is 5.65. The molecular weight excluding hydrogens is 336 g/mol. The highest BCUT2D eigenvalue weighted by atomic mass is 19.1. The zero-order valence-electron chi connectivity index (χ0n) is 14.7.